The Morgan fingerprint density at radius 3 is 1.41 bits per heavy atom. The zero-order valence-corrected chi connectivity index (χ0v) is 21.7. The van der Waals surface area contributed by atoms with Crippen LogP contribution in [0.1, 0.15) is 11.1 Å². The van der Waals surface area contributed by atoms with E-state index in [0.29, 0.717) is 0 Å². The molecule has 6 aromatic carbocycles. The molecule has 0 amide bonds. The largest absolute Gasteiger partial charge is 0.134 e. The summed E-state index contributed by atoms with van der Waals surface area (Å²) in [6, 6.07) is 43.9. The van der Waals surface area contributed by atoms with Crippen molar-refractivity contribution in [3.63, 3.8) is 0 Å². The smallest absolute Gasteiger partial charge is 0.0448 e. The van der Waals surface area contributed by atoms with Crippen molar-refractivity contribution in [1.82, 2.24) is 0 Å². The molecule has 2 heteroatoms. The van der Waals surface area contributed by atoms with Gasteiger partial charge in [-0.15, -0.1) is 22.7 Å². The first kappa shape index (κ1) is 21.1. The van der Waals surface area contributed by atoms with Crippen molar-refractivity contribution in [2.45, 2.75) is 6.42 Å². The third-order valence-electron chi connectivity index (χ3n) is 7.58. The fraction of sp³-hybridized carbons (Fsp3) is 0.0286. The van der Waals surface area contributed by atoms with Crippen LogP contribution >= 0.6 is 22.7 Å². The standard InChI is InChI=1S/C22H12S2.C13H10/c1-3-7-18-14(5-1)16-11-9-13-10-12-17-15-6-2-4-8-19(15)24-22(17)20(13)21(16)23-18;1-3-7-12-10(5-1)9-11-6-2-4-8-13(11)12/h1-12H;1-8H,9H2. The van der Waals surface area contributed by atoms with Crippen molar-refractivity contribution in [2.75, 3.05) is 0 Å². The first-order chi connectivity index (χ1) is 18.3. The van der Waals surface area contributed by atoms with E-state index in [1.807, 2.05) is 22.7 Å². The molecule has 0 spiro atoms. The summed E-state index contributed by atoms with van der Waals surface area (Å²) < 4.78 is 5.59. The molecule has 0 radical (unpaired) electrons. The Balaban J connectivity index is 0.000000140. The van der Waals surface area contributed by atoms with E-state index in [4.69, 9.17) is 0 Å². The fourth-order valence-corrected chi connectivity index (χ4v) is 8.44. The highest BCUT2D eigenvalue weighted by molar-refractivity contribution is 7.29. The molecule has 9 rings (SSSR count). The molecule has 0 unspecified atom stereocenters. The molecule has 37 heavy (non-hydrogen) atoms. The van der Waals surface area contributed by atoms with Gasteiger partial charge in [0.25, 0.3) is 0 Å². The Bertz CT molecular complexity index is 1970. The lowest BCUT2D eigenvalue weighted by atomic mass is 10.0. The van der Waals surface area contributed by atoms with Gasteiger partial charge in [-0.05, 0) is 46.2 Å². The van der Waals surface area contributed by atoms with Crippen molar-refractivity contribution >= 4 is 73.8 Å². The third-order valence-corrected chi connectivity index (χ3v) is 9.98. The van der Waals surface area contributed by atoms with Gasteiger partial charge in [-0.25, -0.2) is 0 Å². The summed E-state index contributed by atoms with van der Waals surface area (Å²) in [5, 5.41) is 8.27. The van der Waals surface area contributed by atoms with Crippen LogP contribution in [0.15, 0.2) is 121 Å². The van der Waals surface area contributed by atoms with Crippen LogP contribution in [-0.4, -0.2) is 0 Å². The molecule has 174 valence electrons. The zero-order chi connectivity index (χ0) is 24.3. The summed E-state index contributed by atoms with van der Waals surface area (Å²) in [6.45, 7) is 0. The number of rotatable bonds is 0. The van der Waals surface area contributed by atoms with E-state index in [1.165, 1.54) is 73.4 Å². The van der Waals surface area contributed by atoms with Gasteiger partial charge in [0.05, 0.1) is 0 Å². The van der Waals surface area contributed by atoms with Crippen LogP contribution in [0.5, 0.6) is 0 Å². The minimum absolute atomic E-state index is 1.10. The topological polar surface area (TPSA) is 0 Å². The molecule has 1 aliphatic rings. The number of fused-ring (bicyclic) bond motifs is 12. The van der Waals surface area contributed by atoms with E-state index in [0.717, 1.165) is 6.42 Å². The molecular weight excluding hydrogens is 485 g/mol. The lowest BCUT2D eigenvalue weighted by Gasteiger charge is -2.02. The molecule has 0 aliphatic heterocycles. The average molecular weight is 507 g/mol. The van der Waals surface area contributed by atoms with Gasteiger partial charge in [-0.2, -0.15) is 0 Å². The van der Waals surface area contributed by atoms with Gasteiger partial charge in [0.15, 0.2) is 0 Å². The van der Waals surface area contributed by atoms with Gasteiger partial charge < -0.3 is 0 Å². The predicted molar refractivity (Wildman–Crippen MR) is 164 cm³/mol. The minimum atomic E-state index is 1.10. The van der Waals surface area contributed by atoms with Gasteiger partial charge in [0.1, 0.15) is 0 Å². The quantitative estimate of drug-likeness (QED) is 0.192. The second-order valence-electron chi connectivity index (χ2n) is 9.67. The number of benzene rings is 6. The normalized spacial score (nSPS) is 12.2. The van der Waals surface area contributed by atoms with Crippen LogP contribution in [-0.2, 0) is 6.42 Å². The van der Waals surface area contributed by atoms with Crippen molar-refractivity contribution in [3.05, 3.63) is 132 Å². The highest BCUT2D eigenvalue weighted by Gasteiger charge is 2.16. The van der Waals surface area contributed by atoms with Gasteiger partial charge >= 0.3 is 0 Å². The maximum Gasteiger partial charge on any atom is 0.0448 e. The summed E-state index contributed by atoms with van der Waals surface area (Å²) >= 11 is 3.85. The number of hydrogen-bond donors (Lipinski definition) is 0. The summed E-state index contributed by atoms with van der Waals surface area (Å²) in [5.74, 6) is 0. The van der Waals surface area contributed by atoms with Crippen molar-refractivity contribution in [2.24, 2.45) is 0 Å². The van der Waals surface area contributed by atoms with Gasteiger partial charge in [0.2, 0.25) is 0 Å². The maximum atomic E-state index is 2.29. The predicted octanol–water partition coefficient (Wildman–Crippen LogP) is 10.8. The third kappa shape index (κ3) is 3.26. The molecule has 8 aromatic rings. The van der Waals surface area contributed by atoms with Gasteiger partial charge in [-0.3, -0.25) is 0 Å². The Labute approximate surface area is 223 Å². The Kier molecular flexibility index (Phi) is 4.73. The lowest BCUT2D eigenvalue weighted by Crippen LogP contribution is -1.77. The molecule has 1 aliphatic carbocycles. The summed E-state index contributed by atoms with van der Waals surface area (Å²) in [7, 11) is 0. The first-order valence-corrected chi connectivity index (χ1v) is 14.3. The fourth-order valence-electron chi connectivity index (χ4n) is 5.85. The Hall–Kier alpha value is -3.98. The van der Waals surface area contributed by atoms with Gasteiger partial charge in [-0.1, -0.05) is 109 Å². The van der Waals surface area contributed by atoms with Crippen LogP contribution in [0.4, 0.5) is 0 Å². The molecule has 0 N–H and O–H groups in total. The number of hydrogen-bond acceptors (Lipinski definition) is 2. The number of thiophene rings is 2. The van der Waals surface area contributed by atoms with E-state index in [-0.39, 0.29) is 0 Å². The van der Waals surface area contributed by atoms with Crippen molar-refractivity contribution < 1.29 is 0 Å². The van der Waals surface area contributed by atoms with Crippen LogP contribution in [0.3, 0.4) is 0 Å². The second-order valence-corrected chi connectivity index (χ2v) is 11.8. The summed E-state index contributed by atoms with van der Waals surface area (Å²) in [6.07, 6.45) is 1.10. The molecule has 2 heterocycles. The second kappa shape index (κ2) is 8.27. The van der Waals surface area contributed by atoms with Crippen LogP contribution in [0, 0.1) is 0 Å². The highest BCUT2D eigenvalue weighted by Crippen LogP contribution is 2.45. The van der Waals surface area contributed by atoms with Crippen LogP contribution in [0.25, 0.3) is 62.2 Å². The molecule has 0 saturated carbocycles. The monoisotopic (exact) mass is 506 g/mol. The molecule has 0 bridgehead atoms. The van der Waals surface area contributed by atoms with Crippen LogP contribution in [0.2, 0.25) is 0 Å². The van der Waals surface area contributed by atoms with E-state index >= 15 is 0 Å². The molecule has 0 fully saturated rings. The molecule has 0 nitrogen and oxygen atoms in total. The average Bonchev–Trinajstić information content (AvgIpc) is 3.64. The van der Waals surface area contributed by atoms with E-state index in [1.54, 1.807) is 0 Å². The summed E-state index contributed by atoms with van der Waals surface area (Å²) in [5.41, 5.74) is 5.75. The van der Waals surface area contributed by atoms with Gasteiger partial charge in [0, 0.05) is 45.7 Å². The zero-order valence-electron chi connectivity index (χ0n) is 20.1. The molecule has 0 atom stereocenters. The molecule has 0 saturated heterocycles. The van der Waals surface area contributed by atoms with E-state index in [2.05, 4.69) is 121 Å². The Morgan fingerprint density at radius 1 is 0.405 bits per heavy atom. The Morgan fingerprint density at radius 2 is 0.865 bits per heavy atom. The lowest BCUT2D eigenvalue weighted by molar-refractivity contribution is 1.26. The van der Waals surface area contributed by atoms with Crippen molar-refractivity contribution in [1.29, 1.82) is 0 Å². The van der Waals surface area contributed by atoms with Crippen LogP contribution < -0.4 is 0 Å². The summed E-state index contributed by atoms with van der Waals surface area (Å²) in [4.78, 5) is 0. The minimum Gasteiger partial charge on any atom is -0.134 e. The SMILES string of the molecule is c1ccc2c(c1)Cc1ccccc1-2.c1ccc2c(c1)sc1c2ccc2ccc3c4ccccc4sc3c21. The first-order valence-electron chi connectivity index (χ1n) is 12.7. The van der Waals surface area contributed by atoms with Crippen molar-refractivity contribution in [3.8, 4) is 11.1 Å². The maximum absolute atomic E-state index is 2.29. The highest BCUT2D eigenvalue weighted by atomic mass is 32.1. The van der Waals surface area contributed by atoms with E-state index < -0.39 is 0 Å². The molecular formula is C35H22S2. The van der Waals surface area contributed by atoms with E-state index in [9.17, 15) is 0 Å². The molecule has 2 aromatic heterocycles.